The highest BCUT2D eigenvalue weighted by molar-refractivity contribution is 6.32. The van der Waals surface area contributed by atoms with E-state index < -0.39 is 0 Å². The predicted octanol–water partition coefficient (Wildman–Crippen LogP) is 3.06. The van der Waals surface area contributed by atoms with Crippen molar-refractivity contribution < 1.29 is 14.2 Å². The second-order valence-corrected chi connectivity index (χ2v) is 7.68. The molecular weight excluding hydrogens is 404 g/mol. The number of hydrogen-bond acceptors (Lipinski definition) is 5. The first-order valence-corrected chi connectivity index (χ1v) is 10.5. The molecule has 1 saturated heterocycles. The normalized spacial score (nSPS) is 18.3. The van der Waals surface area contributed by atoms with E-state index in [0.29, 0.717) is 42.3 Å². The van der Waals surface area contributed by atoms with Crippen LogP contribution in [0.25, 0.3) is 0 Å². The fourth-order valence-corrected chi connectivity index (χ4v) is 4.12. The van der Waals surface area contributed by atoms with Crippen LogP contribution in [0.15, 0.2) is 41.4 Å². The van der Waals surface area contributed by atoms with Crippen LogP contribution in [0.5, 0.6) is 17.2 Å². The maximum absolute atomic E-state index is 6.34. The van der Waals surface area contributed by atoms with Crippen molar-refractivity contribution in [3.05, 3.63) is 47.0 Å². The standard InChI is InChI=1S/C22H27ClN4O3/c1-24-22(25-13-15-11-17(23)21-20(12-15)29-9-10-30-21)26-16-7-8-27(14-16)18-5-3-4-6-19(18)28-2/h3-6,11-12,16H,7-10,13-14H2,1-2H3,(H2,24,25,26). The number of anilines is 1. The van der Waals surface area contributed by atoms with Gasteiger partial charge in [-0.15, -0.1) is 0 Å². The van der Waals surface area contributed by atoms with E-state index in [0.717, 1.165) is 42.5 Å². The van der Waals surface area contributed by atoms with Crippen LogP contribution in [-0.2, 0) is 6.54 Å². The Bertz CT molecular complexity index is 921. The molecule has 8 heteroatoms. The van der Waals surface area contributed by atoms with Gasteiger partial charge in [0.15, 0.2) is 17.5 Å². The second kappa shape index (κ2) is 9.34. The van der Waals surface area contributed by atoms with Crippen LogP contribution in [0.2, 0.25) is 5.02 Å². The zero-order valence-corrected chi connectivity index (χ0v) is 18.0. The number of ether oxygens (including phenoxy) is 3. The van der Waals surface area contributed by atoms with Crippen molar-refractivity contribution in [1.29, 1.82) is 0 Å². The average molecular weight is 431 g/mol. The molecule has 1 unspecified atom stereocenters. The third-order valence-electron chi connectivity index (χ3n) is 5.30. The van der Waals surface area contributed by atoms with E-state index in [9.17, 15) is 0 Å². The van der Waals surface area contributed by atoms with Crippen LogP contribution in [0.3, 0.4) is 0 Å². The number of hydrogen-bond donors (Lipinski definition) is 2. The number of para-hydroxylation sites is 2. The van der Waals surface area contributed by atoms with Crippen molar-refractivity contribution in [2.24, 2.45) is 4.99 Å². The number of fused-ring (bicyclic) bond motifs is 1. The SMILES string of the molecule is CN=C(NCc1cc(Cl)c2c(c1)OCCO2)NC1CCN(c2ccccc2OC)C1. The topological polar surface area (TPSA) is 67.4 Å². The van der Waals surface area contributed by atoms with Gasteiger partial charge in [-0.2, -0.15) is 0 Å². The van der Waals surface area contributed by atoms with Crippen molar-refractivity contribution in [1.82, 2.24) is 10.6 Å². The van der Waals surface area contributed by atoms with Gasteiger partial charge >= 0.3 is 0 Å². The Morgan fingerprint density at radius 1 is 1.27 bits per heavy atom. The van der Waals surface area contributed by atoms with Crippen molar-refractivity contribution in [2.45, 2.75) is 19.0 Å². The highest BCUT2D eigenvalue weighted by Gasteiger charge is 2.25. The minimum absolute atomic E-state index is 0.296. The molecule has 160 valence electrons. The van der Waals surface area contributed by atoms with E-state index in [1.807, 2.05) is 30.3 Å². The predicted molar refractivity (Wildman–Crippen MR) is 119 cm³/mol. The first kappa shape index (κ1) is 20.5. The lowest BCUT2D eigenvalue weighted by molar-refractivity contribution is 0.171. The van der Waals surface area contributed by atoms with Crippen LogP contribution >= 0.6 is 11.6 Å². The maximum Gasteiger partial charge on any atom is 0.191 e. The van der Waals surface area contributed by atoms with Crippen molar-refractivity contribution >= 4 is 23.2 Å². The molecule has 2 N–H and O–H groups in total. The summed E-state index contributed by atoms with van der Waals surface area (Å²) < 4.78 is 16.7. The molecule has 0 aromatic heterocycles. The molecular formula is C22H27ClN4O3. The zero-order valence-electron chi connectivity index (χ0n) is 17.3. The van der Waals surface area contributed by atoms with Crippen LogP contribution in [0.4, 0.5) is 5.69 Å². The Labute approximate surface area is 182 Å². The summed E-state index contributed by atoms with van der Waals surface area (Å²) in [5.41, 5.74) is 2.13. The van der Waals surface area contributed by atoms with Crippen LogP contribution in [0.1, 0.15) is 12.0 Å². The molecule has 2 aliphatic rings. The molecule has 4 rings (SSSR count). The third-order valence-corrected chi connectivity index (χ3v) is 5.58. The quantitative estimate of drug-likeness (QED) is 0.561. The van der Waals surface area contributed by atoms with E-state index in [1.54, 1.807) is 14.2 Å². The van der Waals surface area contributed by atoms with Gasteiger partial charge in [0, 0.05) is 32.7 Å². The number of methoxy groups -OCH3 is 1. The highest BCUT2D eigenvalue weighted by atomic mass is 35.5. The largest absolute Gasteiger partial charge is 0.495 e. The molecule has 2 aromatic carbocycles. The molecule has 0 amide bonds. The molecule has 0 bridgehead atoms. The van der Waals surface area contributed by atoms with Gasteiger partial charge in [0.05, 0.1) is 17.8 Å². The fraction of sp³-hybridized carbons (Fsp3) is 0.409. The van der Waals surface area contributed by atoms with Crippen LogP contribution < -0.4 is 29.7 Å². The molecule has 1 atom stereocenters. The second-order valence-electron chi connectivity index (χ2n) is 7.28. The number of rotatable bonds is 5. The molecule has 1 fully saturated rings. The van der Waals surface area contributed by atoms with Gasteiger partial charge in [-0.1, -0.05) is 23.7 Å². The van der Waals surface area contributed by atoms with E-state index in [4.69, 9.17) is 25.8 Å². The number of nitrogens with zero attached hydrogens (tertiary/aromatic N) is 2. The van der Waals surface area contributed by atoms with E-state index in [2.05, 4.69) is 26.6 Å². The smallest absolute Gasteiger partial charge is 0.191 e. The molecule has 0 radical (unpaired) electrons. The first-order chi connectivity index (χ1) is 14.7. The van der Waals surface area contributed by atoms with Crippen molar-refractivity contribution in [2.75, 3.05) is 45.4 Å². The Morgan fingerprint density at radius 2 is 2.10 bits per heavy atom. The summed E-state index contributed by atoms with van der Waals surface area (Å²) in [6.07, 6.45) is 1.02. The Kier molecular flexibility index (Phi) is 6.38. The third kappa shape index (κ3) is 4.51. The van der Waals surface area contributed by atoms with Gasteiger partial charge in [0.2, 0.25) is 0 Å². The molecule has 0 saturated carbocycles. The summed E-state index contributed by atoms with van der Waals surface area (Å²) in [6, 6.07) is 12.3. The minimum atomic E-state index is 0.296. The summed E-state index contributed by atoms with van der Waals surface area (Å²) in [6.45, 7) is 3.49. The molecule has 0 spiro atoms. The zero-order chi connectivity index (χ0) is 20.9. The summed E-state index contributed by atoms with van der Waals surface area (Å²) in [5.74, 6) is 2.97. The number of nitrogens with one attached hydrogen (secondary N) is 2. The van der Waals surface area contributed by atoms with Gasteiger partial charge in [0.1, 0.15) is 19.0 Å². The van der Waals surface area contributed by atoms with Crippen molar-refractivity contribution in [3.63, 3.8) is 0 Å². The average Bonchev–Trinajstić information content (AvgIpc) is 3.25. The lowest BCUT2D eigenvalue weighted by Crippen LogP contribution is -2.44. The number of guanidine groups is 1. The lowest BCUT2D eigenvalue weighted by Gasteiger charge is -2.22. The molecule has 2 heterocycles. The molecule has 0 aliphatic carbocycles. The number of aliphatic imine (C=N–C) groups is 1. The van der Waals surface area contributed by atoms with Crippen LogP contribution in [-0.4, -0.2) is 52.5 Å². The van der Waals surface area contributed by atoms with Gasteiger partial charge < -0.3 is 29.7 Å². The summed E-state index contributed by atoms with van der Waals surface area (Å²) in [4.78, 5) is 6.71. The Hall–Kier alpha value is -2.80. The van der Waals surface area contributed by atoms with Gasteiger partial charge in [0.25, 0.3) is 0 Å². The summed E-state index contributed by atoms with van der Waals surface area (Å²) in [7, 11) is 3.49. The van der Waals surface area contributed by atoms with Crippen molar-refractivity contribution in [3.8, 4) is 17.2 Å². The first-order valence-electron chi connectivity index (χ1n) is 10.1. The maximum atomic E-state index is 6.34. The lowest BCUT2D eigenvalue weighted by atomic mass is 10.2. The van der Waals surface area contributed by atoms with Gasteiger partial charge in [-0.25, -0.2) is 0 Å². The van der Waals surface area contributed by atoms with Crippen LogP contribution in [0, 0.1) is 0 Å². The molecule has 2 aromatic rings. The van der Waals surface area contributed by atoms with E-state index in [-0.39, 0.29) is 0 Å². The highest BCUT2D eigenvalue weighted by Crippen LogP contribution is 2.38. The molecule has 30 heavy (non-hydrogen) atoms. The summed E-state index contributed by atoms with van der Waals surface area (Å²) in [5, 5.41) is 7.45. The number of benzene rings is 2. The van der Waals surface area contributed by atoms with Gasteiger partial charge in [-0.05, 0) is 36.2 Å². The molecule has 7 nitrogen and oxygen atoms in total. The Morgan fingerprint density at radius 3 is 2.93 bits per heavy atom. The monoisotopic (exact) mass is 430 g/mol. The van der Waals surface area contributed by atoms with E-state index in [1.165, 1.54) is 0 Å². The Balaban J connectivity index is 1.34. The minimum Gasteiger partial charge on any atom is -0.495 e. The summed E-state index contributed by atoms with van der Waals surface area (Å²) >= 11 is 6.34. The fourth-order valence-electron chi connectivity index (χ4n) is 3.83. The number of halogens is 1. The molecule has 2 aliphatic heterocycles. The van der Waals surface area contributed by atoms with Gasteiger partial charge in [-0.3, -0.25) is 4.99 Å². The van der Waals surface area contributed by atoms with E-state index >= 15 is 0 Å².